The van der Waals surface area contributed by atoms with Crippen LogP contribution in [0.2, 0.25) is 0 Å². The van der Waals surface area contributed by atoms with Crippen LogP contribution in [0.5, 0.6) is 5.75 Å². The van der Waals surface area contributed by atoms with Crippen molar-refractivity contribution in [1.29, 1.82) is 0 Å². The van der Waals surface area contributed by atoms with Gasteiger partial charge < -0.3 is 19.9 Å². The third kappa shape index (κ3) is 5.55. The minimum Gasteiger partial charge on any atom is -0.494 e. The van der Waals surface area contributed by atoms with Gasteiger partial charge in [0.15, 0.2) is 11.6 Å². The highest BCUT2D eigenvalue weighted by atomic mass is 19.1. The van der Waals surface area contributed by atoms with Crippen molar-refractivity contribution in [1.82, 2.24) is 5.32 Å². The van der Waals surface area contributed by atoms with E-state index in [4.69, 9.17) is 14.6 Å². The Balaban J connectivity index is 2.33. The first kappa shape index (κ1) is 15.9. The molecule has 0 amide bonds. The Morgan fingerprint density at radius 3 is 2.79 bits per heavy atom. The fraction of sp³-hybridized carbons (Fsp3) is 0.571. The number of hydrogen-bond acceptors (Lipinski definition) is 4. The monoisotopic (exact) mass is 271 g/mol. The van der Waals surface area contributed by atoms with Gasteiger partial charge in [-0.25, -0.2) is 4.39 Å². The highest BCUT2D eigenvalue weighted by Gasteiger charge is 2.08. The Labute approximate surface area is 113 Å². The van der Waals surface area contributed by atoms with Gasteiger partial charge >= 0.3 is 0 Å². The molecule has 0 fully saturated rings. The molecule has 0 spiro atoms. The van der Waals surface area contributed by atoms with Crippen LogP contribution in [0.15, 0.2) is 18.2 Å². The predicted octanol–water partition coefficient (Wildman–Crippen LogP) is 1.88. The second-order valence-electron chi connectivity index (χ2n) is 4.26. The third-order valence-electron chi connectivity index (χ3n) is 2.83. The number of halogens is 1. The van der Waals surface area contributed by atoms with Crippen molar-refractivity contribution in [2.24, 2.45) is 0 Å². The molecule has 1 aromatic rings. The SMILES string of the molecule is COc1ccc(C(C)NCCCOCCO)cc1F. The smallest absolute Gasteiger partial charge is 0.165 e. The largest absolute Gasteiger partial charge is 0.494 e. The lowest BCUT2D eigenvalue weighted by Gasteiger charge is -2.15. The van der Waals surface area contributed by atoms with E-state index in [2.05, 4.69) is 5.32 Å². The quantitative estimate of drug-likeness (QED) is 0.673. The van der Waals surface area contributed by atoms with Gasteiger partial charge in [-0.3, -0.25) is 0 Å². The zero-order chi connectivity index (χ0) is 14.1. The Morgan fingerprint density at radius 1 is 1.37 bits per heavy atom. The molecule has 0 radical (unpaired) electrons. The van der Waals surface area contributed by atoms with E-state index < -0.39 is 0 Å². The summed E-state index contributed by atoms with van der Waals surface area (Å²) in [7, 11) is 1.45. The molecule has 1 aromatic carbocycles. The third-order valence-corrected chi connectivity index (χ3v) is 2.83. The summed E-state index contributed by atoms with van der Waals surface area (Å²) in [6, 6.07) is 5.03. The van der Waals surface area contributed by atoms with Crippen molar-refractivity contribution in [3.05, 3.63) is 29.6 Å². The molecule has 0 aliphatic rings. The molecule has 2 N–H and O–H groups in total. The Kier molecular flexibility index (Phi) is 7.40. The second kappa shape index (κ2) is 8.85. The summed E-state index contributed by atoms with van der Waals surface area (Å²) in [6.45, 7) is 3.79. The van der Waals surface area contributed by atoms with Crippen LogP contribution in [0, 0.1) is 5.82 Å². The first-order valence-corrected chi connectivity index (χ1v) is 6.44. The van der Waals surface area contributed by atoms with Crippen LogP contribution in [0.25, 0.3) is 0 Å². The summed E-state index contributed by atoms with van der Waals surface area (Å²) in [6.07, 6.45) is 0.850. The van der Waals surface area contributed by atoms with Crippen molar-refractivity contribution < 1.29 is 19.0 Å². The minimum atomic E-state index is -0.347. The maximum Gasteiger partial charge on any atom is 0.165 e. The van der Waals surface area contributed by atoms with Gasteiger partial charge in [-0.05, 0) is 37.6 Å². The Bertz CT molecular complexity index is 374. The predicted molar refractivity (Wildman–Crippen MR) is 71.9 cm³/mol. The van der Waals surface area contributed by atoms with Crippen LogP contribution in [0.1, 0.15) is 24.9 Å². The van der Waals surface area contributed by atoms with Gasteiger partial charge in [0.1, 0.15) is 0 Å². The molecule has 5 heteroatoms. The Morgan fingerprint density at radius 2 is 2.16 bits per heavy atom. The molecule has 1 unspecified atom stereocenters. The lowest BCUT2D eigenvalue weighted by atomic mass is 10.1. The fourth-order valence-electron chi connectivity index (χ4n) is 1.73. The van der Waals surface area contributed by atoms with Crippen molar-refractivity contribution in [3.8, 4) is 5.75 Å². The second-order valence-corrected chi connectivity index (χ2v) is 4.26. The van der Waals surface area contributed by atoms with Crippen LogP contribution in [0.3, 0.4) is 0 Å². The first-order chi connectivity index (χ1) is 9.19. The maximum atomic E-state index is 13.5. The van der Waals surface area contributed by atoms with E-state index in [0.29, 0.717) is 13.2 Å². The van der Waals surface area contributed by atoms with Crippen LogP contribution in [0.4, 0.5) is 4.39 Å². The molecule has 108 valence electrons. The van der Waals surface area contributed by atoms with E-state index >= 15 is 0 Å². The summed E-state index contributed by atoms with van der Waals surface area (Å²) in [5.74, 6) is -0.0896. The van der Waals surface area contributed by atoms with Crippen LogP contribution in [-0.4, -0.2) is 38.6 Å². The van der Waals surface area contributed by atoms with E-state index in [9.17, 15) is 4.39 Å². The van der Waals surface area contributed by atoms with Gasteiger partial charge in [0.2, 0.25) is 0 Å². The lowest BCUT2D eigenvalue weighted by Crippen LogP contribution is -2.21. The topological polar surface area (TPSA) is 50.7 Å². The van der Waals surface area contributed by atoms with Gasteiger partial charge in [-0.15, -0.1) is 0 Å². The molecule has 0 aliphatic heterocycles. The molecule has 0 saturated carbocycles. The van der Waals surface area contributed by atoms with E-state index in [0.717, 1.165) is 18.5 Å². The number of aliphatic hydroxyl groups is 1. The number of methoxy groups -OCH3 is 1. The van der Waals surface area contributed by atoms with Gasteiger partial charge in [-0.2, -0.15) is 0 Å². The van der Waals surface area contributed by atoms with Crippen molar-refractivity contribution in [2.75, 3.05) is 33.5 Å². The van der Waals surface area contributed by atoms with Gasteiger partial charge in [0, 0.05) is 12.6 Å². The van der Waals surface area contributed by atoms with E-state index in [1.807, 2.05) is 13.0 Å². The van der Waals surface area contributed by atoms with Crippen molar-refractivity contribution >= 4 is 0 Å². The molecule has 0 aliphatic carbocycles. The molecular weight excluding hydrogens is 249 g/mol. The van der Waals surface area contributed by atoms with Gasteiger partial charge in [-0.1, -0.05) is 6.07 Å². The zero-order valence-corrected chi connectivity index (χ0v) is 11.5. The highest BCUT2D eigenvalue weighted by molar-refractivity contribution is 5.30. The van der Waals surface area contributed by atoms with Crippen LogP contribution < -0.4 is 10.1 Å². The molecule has 0 aromatic heterocycles. The fourth-order valence-corrected chi connectivity index (χ4v) is 1.73. The molecule has 4 nitrogen and oxygen atoms in total. The van der Waals surface area contributed by atoms with Crippen LogP contribution in [-0.2, 0) is 4.74 Å². The van der Waals surface area contributed by atoms with Crippen molar-refractivity contribution in [3.63, 3.8) is 0 Å². The van der Waals surface area contributed by atoms with Crippen LogP contribution >= 0.6 is 0 Å². The highest BCUT2D eigenvalue weighted by Crippen LogP contribution is 2.21. The number of benzene rings is 1. The van der Waals surface area contributed by atoms with E-state index in [-0.39, 0.29) is 24.2 Å². The lowest BCUT2D eigenvalue weighted by molar-refractivity contribution is 0.0904. The summed E-state index contributed by atoms with van der Waals surface area (Å²) in [5.41, 5.74) is 0.884. The summed E-state index contributed by atoms with van der Waals surface area (Å²) in [5, 5.41) is 11.8. The first-order valence-electron chi connectivity index (χ1n) is 6.44. The summed E-state index contributed by atoms with van der Waals surface area (Å²) in [4.78, 5) is 0. The standard InChI is InChI=1S/C14H22FNO3/c1-11(16-6-3-8-19-9-7-17)12-4-5-14(18-2)13(15)10-12/h4-5,10-11,16-17H,3,6-9H2,1-2H3. The molecule has 1 rings (SSSR count). The molecule has 0 heterocycles. The number of ether oxygens (including phenoxy) is 2. The number of rotatable bonds is 9. The number of aliphatic hydroxyl groups excluding tert-OH is 1. The Hall–Kier alpha value is -1.17. The van der Waals surface area contributed by atoms with Crippen molar-refractivity contribution in [2.45, 2.75) is 19.4 Å². The van der Waals surface area contributed by atoms with E-state index in [1.165, 1.54) is 13.2 Å². The van der Waals surface area contributed by atoms with E-state index in [1.54, 1.807) is 6.07 Å². The normalized spacial score (nSPS) is 12.4. The average molecular weight is 271 g/mol. The maximum absolute atomic E-state index is 13.5. The molecular formula is C14H22FNO3. The van der Waals surface area contributed by atoms with Gasteiger partial charge in [0.05, 0.1) is 20.3 Å². The molecule has 0 saturated heterocycles. The number of nitrogens with one attached hydrogen (secondary N) is 1. The molecule has 1 atom stereocenters. The molecule has 19 heavy (non-hydrogen) atoms. The number of hydrogen-bond donors (Lipinski definition) is 2. The summed E-state index contributed by atoms with van der Waals surface area (Å²) >= 11 is 0. The average Bonchev–Trinajstić information content (AvgIpc) is 2.42. The molecule has 0 bridgehead atoms. The minimum absolute atomic E-state index is 0.0506. The summed E-state index contributed by atoms with van der Waals surface area (Å²) < 4.78 is 23.6. The van der Waals surface area contributed by atoms with Gasteiger partial charge in [0.25, 0.3) is 0 Å². The zero-order valence-electron chi connectivity index (χ0n) is 11.5.